The zero-order valence-electron chi connectivity index (χ0n) is 7.99. The molecule has 0 saturated heterocycles. The van der Waals surface area contributed by atoms with Gasteiger partial charge in [0, 0.05) is 34.5 Å². The summed E-state index contributed by atoms with van der Waals surface area (Å²) < 4.78 is 0. The molecule has 0 spiro atoms. The number of rotatable bonds is 0. The normalized spacial score (nSPS) is 6.50. The van der Waals surface area contributed by atoms with Gasteiger partial charge in [-0.3, -0.25) is 0 Å². The Hall–Kier alpha value is 0.644. The van der Waals surface area contributed by atoms with Crippen molar-refractivity contribution < 1.29 is 21.7 Å². The van der Waals surface area contributed by atoms with Crippen molar-refractivity contribution in [3.8, 4) is 0 Å². The summed E-state index contributed by atoms with van der Waals surface area (Å²) in [5, 5.41) is 0. The molecule has 0 N–H and O–H groups in total. The van der Waals surface area contributed by atoms with Crippen molar-refractivity contribution in [2.24, 2.45) is 0 Å². The minimum absolute atomic E-state index is 0. The van der Waals surface area contributed by atoms with E-state index in [0.29, 0.717) is 0 Å². The third-order valence-corrected chi connectivity index (χ3v) is 1.31. The minimum atomic E-state index is 0. The van der Waals surface area contributed by atoms with Gasteiger partial charge in [-0.1, -0.05) is 13.8 Å². The predicted octanol–water partition coefficient (Wildman–Crippen LogP) is 3.73. The standard InChI is InChI=1S/C7H9.2CH3Cl.Ti/c1-6-4-3-5-7(6)2;2*1-2;/h3-5H,1-2H3;2*1H3;/q-1;;;. The summed E-state index contributed by atoms with van der Waals surface area (Å²) in [5.41, 5.74) is 2.78. The average molecular weight is 242 g/mol. The summed E-state index contributed by atoms with van der Waals surface area (Å²) >= 11 is 9.28. The molecule has 1 aromatic rings. The van der Waals surface area contributed by atoms with E-state index in [1.54, 1.807) is 0 Å². The monoisotopic (exact) mass is 241 g/mol. The van der Waals surface area contributed by atoms with Crippen molar-refractivity contribution in [3.63, 3.8) is 0 Å². The van der Waals surface area contributed by atoms with Crippen molar-refractivity contribution in [2.75, 3.05) is 12.8 Å². The van der Waals surface area contributed by atoms with Gasteiger partial charge in [-0.2, -0.15) is 17.2 Å². The Kier molecular flexibility index (Phi) is 21.8. The van der Waals surface area contributed by atoms with Gasteiger partial charge in [0.1, 0.15) is 0 Å². The molecule has 0 nitrogen and oxygen atoms in total. The van der Waals surface area contributed by atoms with Crippen LogP contribution in [0.25, 0.3) is 0 Å². The summed E-state index contributed by atoms with van der Waals surface area (Å²) in [6, 6.07) is 6.31. The van der Waals surface area contributed by atoms with Crippen LogP contribution in [0.5, 0.6) is 0 Å². The Bertz CT molecular complexity index is 145. The largest absolute Gasteiger partial charge is 0.213 e. The van der Waals surface area contributed by atoms with Gasteiger partial charge >= 0.3 is 0 Å². The molecular weight excluding hydrogens is 227 g/mol. The van der Waals surface area contributed by atoms with E-state index in [1.807, 2.05) is 0 Å². The van der Waals surface area contributed by atoms with Crippen LogP contribution in [-0.4, -0.2) is 12.8 Å². The van der Waals surface area contributed by atoms with Crippen LogP contribution < -0.4 is 0 Å². The first kappa shape index (κ1) is 18.4. The van der Waals surface area contributed by atoms with Crippen LogP contribution in [0.4, 0.5) is 0 Å². The number of alkyl halides is 2. The first-order valence-electron chi connectivity index (χ1n) is 3.25. The Morgan fingerprint density at radius 2 is 1.58 bits per heavy atom. The van der Waals surface area contributed by atoms with Gasteiger partial charge in [0.15, 0.2) is 0 Å². The number of hydrogen-bond donors (Lipinski definition) is 0. The van der Waals surface area contributed by atoms with E-state index in [2.05, 4.69) is 55.2 Å². The second-order valence-electron chi connectivity index (χ2n) is 1.89. The second kappa shape index (κ2) is 14.2. The third-order valence-electron chi connectivity index (χ3n) is 1.31. The minimum Gasteiger partial charge on any atom is -0.213 e. The smallest absolute Gasteiger partial charge is 0.0108 e. The van der Waals surface area contributed by atoms with Crippen LogP contribution in [0.2, 0.25) is 0 Å². The van der Waals surface area contributed by atoms with Crippen LogP contribution >= 0.6 is 23.2 Å². The van der Waals surface area contributed by atoms with E-state index in [-0.39, 0.29) is 21.7 Å². The first-order chi connectivity index (χ1) is 5.30. The van der Waals surface area contributed by atoms with Crippen LogP contribution in [0, 0.1) is 13.8 Å². The van der Waals surface area contributed by atoms with Crippen LogP contribution in [0.3, 0.4) is 0 Å². The van der Waals surface area contributed by atoms with Crippen LogP contribution in [0.15, 0.2) is 18.2 Å². The third kappa shape index (κ3) is 8.74. The van der Waals surface area contributed by atoms with Gasteiger partial charge in [0.2, 0.25) is 0 Å². The van der Waals surface area contributed by atoms with E-state index in [4.69, 9.17) is 0 Å². The topological polar surface area (TPSA) is 0 Å². The quantitative estimate of drug-likeness (QED) is 0.369. The molecule has 70 valence electrons. The summed E-state index contributed by atoms with van der Waals surface area (Å²) in [7, 11) is 0. The Morgan fingerprint density at radius 3 is 1.67 bits per heavy atom. The van der Waals surface area contributed by atoms with Crippen molar-refractivity contribution >= 4 is 23.2 Å². The van der Waals surface area contributed by atoms with E-state index in [0.717, 1.165) is 0 Å². The molecule has 0 aliphatic rings. The molecule has 0 atom stereocenters. The van der Waals surface area contributed by atoms with Crippen LogP contribution in [0.1, 0.15) is 11.1 Å². The van der Waals surface area contributed by atoms with E-state index < -0.39 is 0 Å². The van der Waals surface area contributed by atoms with E-state index in [9.17, 15) is 0 Å². The Labute approximate surface area is 101 Å². The maximum Gasteiger partial charge on any atom is 0.0108 e. The first-order valence-corrected chi connectivity index (χ1v) is 4.76. The molecular formula is C9H15Cl2Ti-. The van der Waals surface area contributed by atoms with Crippen molar-refractivity contribution in [2.45, 2.75) is 13.8 Å². The summed E-state index contributed by atoms with van der Waals surface area (Å²) in [4.78, 5) is 0. The molecule has 0 unspecified atom stereocenters. The zero-order chi connectivity index (χ0) is 9.28. The van der Waals surface area contributed by atoms with E-state index >= 15 is 0 Å². The van der Waals surface area contributed by atoms with Gasteiger partial charge < -0.3 is 0 Å². The fraction of sp³-hybridized carbons (Fsp3) is 0.444. The molecule has 0 aliphatic carbocycles. The molecule has 0 aliphatic heterocycles. The summed E-state index contributed by atoms with van der Waals surface area (Å²) in [5.74, 6) is 0. The molecule has 0 saturated carbocycles. The van der Waals surface area contributed by atoms with E-state index in [1.165, 1.54) is 23.9 Å². The molecule has 3 heteroatoms. The SMILES string of the molecule is CCl.CCl.Cc1ccc[c-]1C.[Ti]. The summed E-state index contributed by atoms with van der Waals surface area (Å²) in [6.45, 7) is 4.24. The number of halogens is 2. The fourth-order valence-electron chi connectivity index (χ4n) is 0.600. The van der Waals surface area contributed by atoms with Crippen molar-refractivity contribution in [1.29, 1.82) is 0 Å². The number of aryl methyl sites for hydroxylation is 2. The molecule has 1 aromatic carbocycles. The van der Waals surface area contributed by atoms with Gasteiger partial charge in [-0.25, -0.2) is 12.1 Å². The zero-order valence-corrected chi connectivity index (χ0v) is 11.1. The molecule has 0 radical (unpaired) electrons. The molecule has 0 bridgehead atoms. The van der Waals surface area contributed by atoms with Crippen molar-refractivity contribution in [3.05, 3.63) is 29.3 Å². The molecule has 12 heavy (non-hydrogen) atoms. The van der Waals surface area contributed by atoms with Gasteiger partial charge in [0.25, 0.3) is 0 Å². The predicted molar refractivity (Wildman–Crippen MR) is 55.1 cm³/mol. The van der Waals surface area contributed by atoms with Gasteiger partial charge in [-0.15, -0.1) is 23.2 Å². The Balaban J connectivity index is -0.000000144. The van der Waals surface area contributed by atoms with Crippen molar-refractivity contribution in [1.82, 2.24) is 0 Å². The van der Waals surface area contributed by atoms with Gasteiger partial charge in [0.05, 0.1) is 0 Å². The Morgan fingerprint density at radius 1 is 1.17 bits per heavy atom. The number of hydrogen-bond acceptors (Lipinski definition) is 0. The maximum atomic E-state index is 4.64. The molecule has 0 heterocycles. The molecule has 0 fully saturated rings. The fourth-order valence-corrected chi connectivity index (χ4v) is 0.600. The second-order valence-corrected chi connectivity index (χ2v) is 1.89. The molecule has 0 aromatic heterocycles. The molecule has 1 rings (SSSR count). The molecule has 0 amide bonds. The maximum absolute atomic E-state index is 4.64. The van der Waals surface area contributed by atoms with Gasteiger partial charge in [-0.05, 0) is 0 Å². The average Bonchev–Trinajstić information content (AvgIpc) is 2.44. The summed E-state index contributed by atoms with van der Waals surface area (Å²) in [6.07, 6.45) is 2.94. The van der Waals surface area contributed by atoms with Crippen LogP contribution in [-0.2, 0) is 21.7 Å².